The van der Waals surface area contributed by atoms with Crippen molar-refractivity contribution in [3.05, 3.63) is 30.1 Å². The van der Waals surface area contributed by atoms with E-state index in [-0.39, 0.29) is 30.7 Å². The van der Waals surface area contributed by atoms with Crippen molar-refractivity contribution in [2.45, 2.75) is 57.0 Å². The summed E-state index contributed by atoms with van der Waals surface area (Å²) >= 11 is 0. The Morgan fingerprint density at radius 3 is 2.58 bits per heavy atom. The van der Waals surface area contributed by atoms with Crippen molar-refractivity contribution >= 4 is 30.7 Å². The molecule has 6 heteroatoms. The number of likely N-dealkylation sites (N-methyl/N-ethyl adjacent to an activating group) is 1. The Morgan fingerprint density at radius 2 is 1.92 bits per heavy atom. The van der Waals surface area contributed by atoms with Gasteiger partial charge in [0.2, 0.25) is 5.91 Å². The molecule has 1 saturated carbocycles. The van der Waals surface area contributed by atoms with E-state index in [4.69, 9.17) is 0 Å². The summed E-state index contributed by atoms with van der Waals surface area (Å²) in [6.45, 7) is 2.43. The van der Waals surface area contributed by atoms with Crippen molar-refractivity contribution in [2.75, 3.05) is 20.1 Å². The number of nitrogens with zero attached hydrogens (tertiary/aromatic N) is 3. The smallest absolute Gasteiger partial charge is 0.227 e. The molecule has 2 fully saturated rings. The SMILES string of the molecule is CN(C(=O)Cc1cccnc1)[C@H]1CCCC[C@@H]1N1CCCC1.Cl.Cl. The van der Waals surface area contributed by atoms with Crippen LogP contribution in [0.4, 0.5) is 0 Å². The third-order valence-corrected chi connectivity index (χ3v) is 5.27. The second-order valence-corrected chi connectivity index (χ2v) is 6.70. The molecule has 1 amide bonds. The van der Waals surface area contributed by atoms with Gasteiger partial charge in [-0.2, -0.15) is 0 Å². The number of amides is 1. The molecule has 1 aromatic rings. The van der Waals surface area contributed by atoms with Crippen LogP contribution in [0.1, 0.15) is 44.1 Å². The van der Waals surface area contributed by atoms with Gasteiger partial charge in [0.05, 0.1) is 6.42 Å². The van der Waals surface area contributed by atoms with Crippen LogP contribution in [0.15, 0.2) is 24.5 Å². The number of aromatic nitrogens is 1. The molecule has 0 bridgehead atoms. The monoisotopic (exact) mass is 373 g/mol. The molecule has 0 unspecified atom stereocenters. The summed E-state index contributed by atoms with van der Waals surface area (Å²) < 4.78 is 0. The maximum absolute atomic E-state index is 12.7. The summed E-state index contributed by atoms with van der Waals surface area (Å²) in [5.41, 5.74) is 1.01. The Kier molecular flexibility index (Phi) is 9.03. The van der Waals surface area contributed by atoms with E-state index in [1.54, 1.807) is 12.4 Å². The number of hydrogen-bond donors (Lipinski definition) is 0. The van der Waals surface area contributed by atoms with E-state index < -0.39 is 0 Å². The molecule has 0 spiro atoms. The van der Waals surface area contributed by atoms with E-state index in [0.29, 0.717) is 18.5 Å². The molecule has 1 aliphatic heterocycles. The predicted molar refractivity (Wildman–Crippen MR) is 102 cm³/mol. The zero-order valence-electron chi connectivity index (χ0n) is 14.4. The number of rotatable bonds is 4. The molecule has 0 aromatic carbocycles. The third-order valence-electron chi connectivity index (χ3n) is 5.27. The van der Waals surface area contributed by atoms with Crippen molar-refractivity contribution in [3.8, 4) is 0 Å². The summed E-state index contributed by atoms with van der Waals surface area (Å²) in [6, 6.07) is 4.84. The molecular weight excluding hydrogens is 345 g/mol. The number of halogens is 2. The molecule has 4 nitrogen and oxygen atoms in total. The molecule has 2 aliphatic rings. The van der Waals surface area contributed by atoms with Crippen LogP contribution in [0.5, 0.6) is 0 Å². The van der Waals surface area contributed by atoms with Gasteiger partial charge in [-0.3, -0.25) is 14.7 Å². The van der Waals surface area contributed by atoms with Gasteiger partial charge in [0.15, 0.2) is 0 Å². The molecule has 1 saturated heterocycles. The van der Waals surface area contributed by atoms with Crippen molar-refractivity contribution < 1.29 is 4.79 Å². The topological polar surface area (TPSA) is 36.4 Å². The van der Waals surface area contributed by atoms with E-state index in [9.17, 15) is 4.79 Å². The Balaban J connectivity index is 0.00000144. The van der Waals surface area contributed by atoms with Gasteiger partial charge < -0.3 is 4.90 Å². The first kappa shape index (κ1) is 21.2. The molecule has 2 atom stereocenters. The van der Waals surface area contributed by atoms with Crippen molar-refractivity contribution in [1.82, 2.24) is 14.8 Å². The molecule has 1 aliphatic carbocycles. The van der Waals surface area contributed by atoms with Crippen LogP contribution >= 0.6 is 24.8 Å². The van der Waals surface area contributed by atoms with Gasteiger partial charge in [-0.1, -0.05) is 18.9 Å². The van der Waals surface area contributed by atoms with Gasteiger partial charge in [0.1, 0.15) is 0 Å². The van der Waals surface area contributed by atoms with E-state index in [2.05, 4.69) is 9.88 Å². The maximum Gasteiger partial charge on any atom is 0.227 e. The van der Waals surface area contributed by atoms with Crippen molar-refractivity contribution in [1.29, 1.82) is 0 Å². The third kappa shape index (κ3) is 5.08. The quantitative estimate of drug-likeness (QED) is 0.811. The Hall–Kier alpha value is -0.840. The first-order valence-electron chi connectivity index (χ1n) is 8.64. The van der Waals surface area contributed by atoms with Gasteiger partial charge in [-0.25, -0.2) is 0 Å². The van der Waals surface area contributed by atoms with Crippen LogP contribution < -0.4 is 0 Å². The summed E-state index contributed by atoms with van der Waals surface area (Å²) in [7, 11) is 2.00. The highest BCUT2D eigenvalue weighted by molar-refractivity contribution is 5.85. The zero-order valence-corrected chi connectivity index (χ0v) is 16.0. The summed E-state index contributed by atoms with van der Waals surface area (Å²) in [5, 5.41) is 0. The second-order valence-electron chi connectivity index (χ2n) is 6.70. The van der Waals surface area contributed by atoms with Crippen LogP contribution in [-0.4, -0.2) is 52.9 Å². The second kappa shape index (κ2) is 10.2. The lowest BCUT2D eigenvalue weighted by atomic mass is 9.88. The average molecular weight is 374 g/mol. The fourth-order valence-electron chi connectivity index (χ4n) is 4.03. The zero-order chi connectivity index (χ0) is 15.4. The lowest BCUT2D eigenvalue weighted by Gasteiger charge is -2.42. The van der Waals surface area contributed by atoms with E-state index >= 15 is 0 Å². The molecule has 24 heavy (non-hydrogen) atoms. The van der Waals surface area contributed by atoms with E-state index in [0.717, 1.165) is 12.0 Å². The number of carbonyl (C=O) groups is 1. The van der Waals surface area contributed by atoms with Crippen LogP contribution in [-0.2, 0) is 11.2 Å². The lowest BCUT2D eigenvalue weighted by molar-refractivity contribution is -0.133. The van der Waals surface area contributed by atoms with Crippen molar-refractivity contribution in [3.63, 3.8) is 0 Å². The van der Waals surface area contributed by atoms with Crippen LogP contribution in [0.2, 0.25) is 0 Å². The Labute approximate surface area is 157 Å². The first-order chi connectivity index (χ1) is 10.8. The summed E-state index contributed by atoms with van der Waals surface area (Å²) in [5.74, 6) is 0.226. The molecular formula is C18H29Cl2N3O. The van der Waals surface area contributed by atoms with Gasteiger partial charge in [-0.05, 0) is 50.4 Å². The highest BCUT2D eigenvalue weighted by Gasteiger charge is 2.35. The van der Waals surface area contributed by atoms with Crippen LogP contribution in [0.3, 0.4) is 0 Å². The molecule has 1 aromatic heterocycles. The number of pyridine rings is 1. The fraction of sp³-hybridized carbons (Fsp3) is 0.667. The lowest BCUT2D eigenvalue weighted by Crippen LogP contribution is -2.53. The normalized spacial score (nSPS) is 23.9. The largest absolute Gasteiger partial charge is 0.341 e. The van der Waals surface area contributed by atoms with Crippen LogP contribution in [0.25, 0.3) is 0 Å². The predicted octanol–water partition coefficient (Wildman–Crippen LogP) is 3.33. The number of carbonyl (C=O) groups excluding carboxylic acids is 1. The standard InChI is InChI=1S/C18H27N3O.2ClH/c1-20(18(22)13-15-7-6-10-19-14-15)16-8-2-3-9-17(16)21-11-4-5-12-21;;/h6-7,10,14,16-17H,2-5,8-9,11-13H2,1H3;2*1H/t16-,17-;;/m0../s1. The molecule has 0 N–H and O–H groups in total. The molecule has 136 valence electrons. The maximum atomic E-state index is 12.7. The first-order valence-corrected chi connectivity index (χ1v) is 8.64. The minimum atomic E-state index is 0. The van der Waals surface area contributed by atoms with Crippen molar-refractivity contribution in [2.24, 2.45) is 0 Å². The van der Waals surface area contributed by atoms with Crippen LogP contribution in [0, 0.1) is 0 Å². The molecule has 2 heterocycles. The van der Waals surface area contributed by atoms with Gasteiger partial charge in [0.25, 0.3) is 0 Å². The molecule has 0 radical (unpaired) electrons. The van der Waals surface area contributed by atoms with E-state index in [1.165, 1.54) is 45.2 Å². The number of likely N-dealkylation sites (tertiary alicyclic amines) is 1. The minimum Gasteiger partial charge on any atom is -0.341 e. The average Bonchev–Trinajstić information content (AvgIpc) is 3.09. The summed E-state index contributed by atoms with van der Waals surface area (Å²) in [4.78, 5) is 21.4. The fourth-order valence-corrected chi connectivity index (χ4v) is 4.03. The minimum absolute atomic E-state index is 0. The highest BCUT2D eigenvalue weighted by Crippen LogP contribution is 2.29. The number of hydrogen-bond acceptors (Lipinski definition) is 3. The Bertz CT molecular complexity index is 494. The molecule has 3 rings (SSSR count). The van der Waals surface area contributed by atoms with Gasteiger partial charge in [-0.15, -0.1) is 24.8 Å². The highest BCUT2D eigenvalue weighted by atomic mass is 35.5. The Morgan fingerprint density at radius 1 is 1.21 bits per heavy atom. The summed E-state index contributed by atoms with van der Waals surface area (Å²) in [6.07, 6.45) is 11.6. The van der Waals surface area contributed by atoms with Gasteiger partial charge >= 0.3 is 0 Å². The van der Waals surface area contributed by atoms with E-state index in [1.807, 2.05) is 24.1 Å². The van der Waals surface area contributed by atoms with Gasteiger partial charge in [0, 0.05) is 31.5 Å².